The molecule has 0 bridgehead atoms. The molecule has 0 atom stereocenters. The fourth-order valence-corrected chi connectivity index (χ4v) is 2.88. The van der Waals surface area contributed by atoms with E-state index in [-0.39, 0.29) is 12.1 Å². The Morgan fingerprint density at radius 2 is 1.88 bits per heavy atom. The fraction of sp³-hybridized carbons (Fsp3) is 0.368. The molecule has 6 nitrogen and oxygen atoms in total. The van der Waals surface area contributed by atoms with E-state index in [1.54, 1.807) is 11.3 Å². The largest absolute Gasteiger partial charge is 0.357 e. The summed E-state index contributed by atoms with van der Waals surface area (Å²) in [5.74, 6) is 0.789. The summed E-state index contributed by atoms with van der Waals surface area (Å²) in [5, 5.41) is 16.4. The molecule has 1 aromatic heterocycles. The first-order chi connectivity index (χ1) is 12.6. The molecule has 0 aliphatic carbocycles. The van der Waals surface area contributed by atoms with Crippen LogP contribution < -0.4 is 21.3 Å². The molecule has 0 radical (unpaired) electrons. The predicted octanol–water partition coefficient (Wildman–Crippen LogP) is 3.53. The van der Waals surface area contributed by atoms with Crippen LogP contribution in [0.1, 0.15) is 31.9 Å². The number of anilines is 1. The van der Waals surface area contributed by atoms with E-state index in [2.05, 4.69) is 43.1 Å². The van der Waals surface area contributed by atoms with Gasteiger partial charge in [-0.15, -0.1) is 0 Å². The molecule has 1 aromatic carbocycles. The Balaban J connectivity index is 1.86. The van der Waals surface area contributed by atoms with Crippen molar-refractivity contribution in [2.45, 2.75) is 39.9 Å². The lowest BCUT2D eigenvalue weighted by molar-refractivity contribution is 0.250. The van der Waals surface area contributed by atoms with Crippen LogP contribution in [0.2, 0.25) is 0 Å². The number of urea groups is 1. The minimum atomic E-state index is -0.194. The third-order valence-corrected chi connectivity index (χ3v) is 4.17. The number of aliphatic imine (C=N–C) groups is 1. The maximum absolute atomic E-state index is 11.7. The second kappa shape index (κ2) is 10.5. The molecule has 0 aliphatic heterocycles. The molecule has 2 rings (SSSR count). The highest BCUT2D eigenvalue weighted by molar-refractivity contribution is 7.07. The van der Waals surface area contributed by atoms with Gasteiger partial charge in [-0.1, -0.05) is 12.1 Å². The molecule has 1 heterocycles. The number of amides is 2. The van der Waals surface area contributed by atoms with E-state index in [1.165, 1.54) is 5.56 Å². The Bertz CT molecular complexity index is 695. The van der Waals surface area contributed by atoms with Crippen molar-refractivity contribution in [3.05, 3.63) is 52.2 Å². The van der Waals surface area contributed by atoms with Crippen LogP contribution in [0.3, 0.4) is 0 Å². The Morgan fingerprint density at radius 3 is 2.50 bits per heavy atom. The quantitative estimate of drug-likeness (QED) is 0.443. The van der Waals surface area contributed by atoms with Gasteiger partial charge in [-0.05, 0) is 60.9 Å². The normalized spacial score (nSPS) is 11.3. The lowest BCUT2D eigenvalue weighted by Gasteiger charge is -2.12. The van der Waals surface area contributed by atoms with Crippen LogP contribution in [0.5, 0.6) is 0 Å². The number of nitrogens with zero attached hydrogens (tertiary/aromatic N) is 1. The molecule has 0 spiro atoms. The minimum absolute atomic E-state index is 0.108. The Labute approximate surface area is 159 Å². The maximum Gasteiger partial charge on any atom is 0.319 e. The molecule has 0 saturated carbocycles. The predicted molar refractivity (Wildman–Crippen MR) is 110 cm³/mol. The van der Waals surface area contributed by atoms with E-state index in [0.29, 0.717) is 13.1 Å². The summed E-state index contributed by atoms with van der Waals surface area (Å²) >= 11 is 1.68. The number of benzene rings is 1. The summed E-state index contributed by atoms with van der Waals surface area (Å²) in [7, 11) is 0. The SMILES string of the molecule is CCNC(=NCc1ccsc1)NCc1ccc(NC(=O)NC(C)C)cc1. The summed E-state index contributed by atoms with van der Waals surface area (Å²) in [4.78, 5) is 16.3. The highest BCUT2D eigenvalue weighted by Crippen LogP contribution is 2.10. The molecule has 0 fully saturated rings. The van der Waals surface area contributed by atoms with E-state index < -0.39 is 0 Å². The van der Waals surface area contributed by atoms with Gasteiger partial charge in [0, 0.05) is 24.8 Å². The molecule has 2 amide bonds. The molecule has 0 saturated heterocycles. The van der Waals surface area contributed by atoms with Gasteiger partial charge in [-0.2, -0.15) is 11.3 Å². The van der Waals surface area contributed by atoms with Crippen molar-refractivity contribution in [3.63, 3.8) is 0 Å². The van der Waals surface area contributed by atoms with Crippen molar-refractivity contribution in [2.75, 3.05) is 11.9 Å². The number of thiophene rings is 1. The van der Waals surface area contributed by atoms with Gasteiger partial charge in [-0.3, -0.25) is 0 Å². The molecule has 0 aliphatic rings. The Kier molecular flexibility index (Phi) is 7.95. The molecule has 2 aromatic rings. The van der Waals surface area contributed by atoms with Crippen LogP contribution in [0.15, 0.2) is 46.1 Å². The minimum Gasteiger partial charge on any atom is -0.357 e. The van der Waals surface area contributed by atoms with Gasteiger partial charge in [0.25, 0.3) is 0 Å². The van der Waals surface area contributed by atoms with Crippen LogP contribution in [0.4, 0.5) is 10.5 Å². The highest BCUT2D eigenvalue weighted by Gasteiger charge is 2.04. The molecule has 7 heteroatoms. The Morgan fingerprint density at radius 1 is 1.12 bits per heavy atom. The van der Waals surface area contributed by atoms with E-state index in [0.717, 1.165) is 23.8 Å². The van der Waals surface area contributed by atoms with Crippen LogP contribution in [-0.2, 0) is 13.1 Å². The van der Waals surface area contributed by atoms with Crippen LogP contribution in [0.25, 0.3) is 0 Å². The van der Waals surface area contributed by atoms with Crippen molar-refractivity contribution < 1.29 is 4.79 Å². The second-order valence-electron chi connectivity index (χ2n) is 6.13. The average Bonchev–Trinajstić information content (AvgIpc) is 3.11. The number of hydrogen-bond donors (Lipinski definition) is 4. The number of nitrogens with one attached hydrogen (secondary N) is 4. The van der Waals surface area contributed by atoms with Gasteiger partial charge in [0.2, 0.25) is 0 Å². The second-order valence-corrected chi connectivity index (χ2v) is 6.91. The van der Waals surface area contributed by atoms with Gasteiger partial charge >= 0.3 is 6.03 Å². The van der Waals surface area contributed by atoms with Crippen molar-refractivity contribution in [2.24, 2.45) is 4.99 Å². The van der Waals surface area contributed by atoms with Crippen molar-refractivity contribution in [1.82, 2.24) is 16.0 Å². The molecule has 0 unspecified atom stereocenters. The van der Waals surface area contributed by atoms with Crippen LogP contribution >= 0.6 is 11.3 Å². The van der Waals surface area contributed by atoms with Gasteiger partial charge < -0.3 is 21.3 Å². The maximum atomic E-state index is 11.7. The monoisotopic (exact) mass is 373 g/mol. The van der Waals surface area contributed by atoms with E-state index in [4.69, 9.17) is 0 Å². The molecular formula is C19H27N5OS. The van der Waals surface area contributed by atoms with Gasteiger partial charge in [0.15, 0.2) is 5.96 Å². The number of carbonyl (C=O) groups is 1. The van der Waals surface area contributed by atoms with E-state index in [1.807, 2.05) is 45.0 Å². The zero-order valence-electron chi connectivity index (χ0n) is 15.5. The zero-order valence-corrected chi connectivity index (χ0v) is 16.3. The average molecular weight is 374 g/mol. The lowest BCUT2D eigenvalue weighted by Crippen LogP contribution is -2.36. The molecule has 4 N–H and O–H groups in total. The number of carbonyl (C=O) groups excluding carboxylic acids is 1. The van der Waals surface area contributed by atoms with E-state index in [9.17, 15) is 4.79 Å². The summed E-state index contributed by atoms with van der Waals surface area (Å²) in [6, 6.07) is 9.76. The number of rotatable bonds is 7. The van der Waals surface area contributed by atoms with Crippen molar-refractivity contribution in [3.8, 4) is 0 Å². The summed E-state index contributed by atoms with van der Waals surface area (Å²) in [5.41, 5.74) is 3.09. The first-order valence-corrected chi connectivity index (χ1v) is 9.70. The van der Waals surface area contributed by atoms with Gasteiger partial charge in [-0.25, -0.2) is 9.79 Å². The van der Waals surface area contributed by atoms with Crippen molar-refractivity contribution >= 4 is 29.0 Å². The number of hydrogen-bond acceptors (Lipinski definition) is 3. The highest BCUT2D eigenvalue weighted by atomic mass is 32.1. The standard InChI is InChI=1S/C19H27N5OS/c1-4-20-18(22-12-16-9-10-26-13-16)21-11-15-5-7-17(8-6-15)24-19(25)23-14(2)3/h5-10,13-14H,4,11-12H2,1-3H3,(H2,20,21,22)(H2,23,24,25). The first-order valence-electron chi connectivity index (χ1n) is 8.76. The van der Waals surface area contributed by atoms with Crippen LogP contribution in [-0.4, -0.2) is 24.6 Å². The summed E-state index contributed by atoms with van der Waals surface area (Å²) in [6.07, 6.45) is 0. The topological polar surface area (TPSA) is 77.6 Å². The zero-order chi connectivity index (χ0) is 18.8. The molecular weight excluding hydrogens is 346 g/mol. The number of guanidine groups is 1. The summed E-state index contributed by atoms with van der Waals surface area (Å²) < 4.78 is 0. The van der Waals surface area contributed by atoms with Crippen LogP contribution in [0, 0.1) is 0 Å². The van der Waals surface area contributed by atoms with Gasteiger partial charge in [0.1, 0.15) is 0 Å². The Hall–Kier alpha value is -2.54. The fourth-order valence-electron chi connectivity index (χ4n) is 2.22. The third-order valence-electron chi connectivity index (χ3n) is 3.44. The van der Waals surface area contributed by atoms with E-state index >= 15 is 0 Å². The molecule has 26 heavy (non-hydrogen) atoms. The third kappa shape index (κ3) is 7.14. The first kappa shape index (κ1) is 19.8. The van der Waals surface area contributed by atoms with Gasteiger partial charge in [0.05, 0.1) is 6.54 Å². The molecule has 140 valence electrons. The smallest absolute Gasteiger partial charge is 0.319 e. The summed E-state index contributed by atoms with van der Waals surface area (Å²) in [6.45, 7) is 8.03. The lowest BCUT2D eigenvalue weighted by atomic mass is 10.2. The van der Waals surface area contributed by atoms with Crippen molar-refractivity contribution in [1.29, 1.82) is 0 Å².